The van der Waals surface area contributed by atoms with Gasteiger partial charge in [-0.3, -0.25) is 4.98 Å². The fraction of sp³-hybridized carbons (Fsp3) is 0.0526. The van der Waals surface area contributed by atoms with Crippen molar-refractivity contribution in [3.63, 3.8) is 0 Å². The van der Waals surface area contributed by atoms with Crippen molar-refractivity contribution in [1.82, 2.24) is 9.97 Å². The van der Waals surface area contributed by atoms with Crippen LogP contribution in [0.1, 0.15) is 5.56 Å². The minimum absolute atomic E-state index is 0. The highest BCUT2D eigenvalue weighted by atomic mass is 127. The average Bonchev–Trinajstić information content (AvgIpc) is 2.99. The van der Waals surface area contributed by atoms with Gasteiger partial charge < -0.3 is 24.0 Å². The van der Waals surface area contributed by atoms with E-state index in [4.69, 9.17) is 4.98 Å². The van der Waals surface area contributed by atoms with Gasteiger partial charge in [-0.25, -0.2) is 0 Å². The number of benzene rings is 2. The summed E-state index contributed by atoms with van der Waals surface area (Å²) in [7, 11) is 0. The van der Waals surface area contributed by atoms with E-state index in [1.165, 1.54) is 11.1 Å². The first kappa shape index (κ1) is 15.7. The van der Waals surface area contributed by atoms with E-state index in [2.05, 4.69) is 65.0 Å². The van der Waals surface area contributed by atoms with E-state index < -0.39 is 0 Å². The second-order valence-electron chi connectivity index (χ2n) is 5.36. The molecule has 23 heavy (non-hydrogen) atoms. The predicted octanol–water partition coefficient (Wildman–Crippen LogP) is 0.819. The maximum atomic E-state index is 4.87. The lowest BCUT2D eigenvalue weighted by atomic mass is 10.1. The molecule has 0 aliphatic heterocycles. The first-order valence-corrected chi connectivity index (χ1v) is 7.34. The number of hydrogen-bond acceptors (Lipinski definition) is 1. The Hall–Kier alpha value is -2.21. The SMILES string of the molecule is Cc1ccccc1-c1ccc2[nH]c[n+](-c3ccccc3)c2n1.[I-]. The van der Waals surface area contributed by atoms with Crippen LogP contribution in [0.15, 0.2) is 73.1 Å². The van der Waals surface area contributed by atoms with Crippen LogP contribution in [0, 0.1) is 6.92 Å². The minimum atomic E-state index is 0. The van der Waals surface area contributed by atoms with Gasteiger partial charge in [-0.05, 0) is 36.8 Å². The molecular formula is C19H16IN3. The van der Waals surface area contributed by atoms with Crippen LogP contribution in [-0.4, -0.2) is 9.97 Å². The Bertz CT molecular complexity index is 945. The number of nitrogens with one attached hydrogen (secondary N) is 1. The van der Waals surface area contributed by atoms with Crippen LogP contribution in [-0.2, 0) is 0 Å². The summed E-state index contributed by atoms with van der Waals surface area (Å²) in [4.78, 5) is 8.15. The molecule has 2 aromatic carbocycles. The summed E-state index contributed by atoms with van der Waals surface area (Å²) >= 11 is 0. The number of fused-ring (bicyclic) bond motifs is 1. The molecule has 0 aliphatic carbocycles. The molecule has 0 atom stereocenters. The lowest BCUT2D eigenvalue weighted by Crippen LogP contribution is -3.00. The number of imidazole rings is 1. The third-order valence-corrected chi connectivity index (χ3v) is 3.91. The van der Waals surface area contributed by atoms with Gasteiger partial charge in [-0.2, -0.15) is 4.57 Å². The van der Waals surface area contributed by atoms with Crippen LogP contribution in [0.25, 0.3) is 28.1 Å². The summed E-state index contributed by atoms with van der Waals surface area (Å²) in [6.07, 6.45) is 1.95. The molecule has 0 saturated carbocycles. The number of aryl methyl sites for hydroxylation is 1. The molecule has 4 heteroatoms. The molecule has 0 saturated heterocycles. The highest BCUT2D eigenvalue weighted by Gasteiger charge is 2.15. The minimum Gasteiger partial charge on any atom is -1.00 e. The van der Waals surface area contributed by atoms with Gasteiger partial charge in [-0.1, -0.05) is 47.4 Å². The third kappa shape index (κ3) is 2.86. The lowest BCUT2D eigenvalue weighted by molar-refractivity contribution is -0.569. The molecule has 2 aromatic heterocycles. The van der Waals surface area contributed by atoms with Crippen molar-refractivity contribution in [2.45, 2.75) is 6.92 Å². The Morgan fingerprint density at radius 1 is 0.870 bits per heavy atom. The Labute approximate surface area is 152 Å². The number of nitrogens with zero attached hydrogens (tertiary/aromatic N) is 2. The highest BCUT2D eigenvalue weighted by molar-refractivity contribution is 5.74. The van der Waals surface area contributed by atoms with Gasteiger partial charge in [0.15, 0.2) is 11.8 Å². The number of H-pyrrole nitrogens is 1. The number of hydrogen-bond donors (Lipinski definition) is 1. The zero-order chi connectivity index (χ0) is 14.9. The zero-order valence-electron chi connectivity index (χ0n) is 12.7. The summed E-state index contributed by atoms with van der Waals surface area (Å²) in [6, 6.07) is 22.7. The van der Waals surface area contributed by atoms with Gasteiger partial charge in [0.2, 0.25) is 0 Å². The van der Waals surface area contributed by atoms with Crippen LogP contribution >= 0.6 is 0 Å². The van der Waals surface area contributed by atoms with Crippen molar-refractivity contribution in [3.8, 4) is 16.9 Å². The largest absolute Gasteiger partial charge is 1.00 e. The van der Waals surface area contributed by atoms with E-state index in [1.807, 2.05) is 24.5 Å². The van der Waals surface area contributed by atoms with E-state index in [0.29, 0.717) is 0 Å². The molecule has 2 heterocycles. The Morgan fingerprint density at radius 2 is 1.61 bits per heavy atom. The fourth-order valence-electron chi connectivity index (χ4n) is 2.74. The molecule has 114 valence electrons. The average molecular weight is 413 g/mol. The van der Waals surface area contributed by atoms with Crippen molar-refractivity contribution in [3.05, 3.63) is 78.6 Å². The lowest BCUT2D eigenvalue weighted by Gasteiger charge is -2.02. The topological polar surface area (TPSA) is 32.6 Å². The first-order valence-electron chi connectivity index (χ1n) is 7.34. The number of aromatic nitrogens is 3. The van der Waals surface area contributed by atoms with Crippen LogP contribution in [0.4, 0.5) is 0 Å². The number of rotatable bonds is 2. The Morgan fingerprint density at radius 3 is 2.39 bits per heavy atom. The maximum absolute atomic E-state index is 4.87. The summed E-state index contributed by atoms with van der Waals surface area (Å²) in [5, 5.41) is 0. The van der Waals surface area contributed by atoms with Crippen molar-refractivity contribution in [2.24, 2.45) is 0 Å². The predicted molar refractivity (Wildman–Crippen MR) is 87.8 cm³/mol. The van der Waals surface area contributed by atoms with Crippen molar-refractivity contribution >= 4 is 11.2 Å². The van der Waals surface area contributed by atoms with Gasteiger partial charge in [0.1, 0.15) is 11.4 Å². The fourth-order valence-corrected chi connectivity index (χ4v) is 2.74. The highest BCUT2D eigenvalue weighted by Crippen LogP contribution is 2.22. The normalized spacial score (nSPS) is 10.5. The standard InChI is InChI=1S/C19H15N3.HI/c1-14-7-5-6-10-16(14)17-11-12-18-19(21-17)22(13-20-18)15-8-3-2-4-9-15;/h2-13H,1H3;1H. The molecule has 0 bridgehead atoms. The second-order valence-corrected chi connectivity index (χ2v) is 5.36. The summed E-state index contributed by atoms with van der Waals surface area (Å²) in [5.74, 6) is 0. The van der Waals surface area contributed by atoms with Crippen LogP contribution in [0.5, 0.6) is 0 Å². The van der Waals surface area contributed by atoms with Gasteiger partial charge >= 0.3 is 5.65 Å². The third-order valence-electron chi connectivity index (χ3n) is 3.91. The molecule has 4 rings (SSSR count). The molecule has 0 radical (unpaired) electrons. The van der Waals surface area contributed by atoms with Gasteiger partial charge in [0.25, 0.3) is 0 Å². The molecular weight excluding hydrogens is 397 g/mol. The molecule has 4 aromatic rings. The summed E-state index contributed by atoms with van der Waals surface area (Å²) in [5.41, 5.74) is 6.47. The number of halogens is 1. The van der Waals surface area contributed by atoms with Gasteiger partial charge in [0, 0.05) is 5.56 Å². The number of para-hydroxylation sites is 1. The number of pyridine rings is 1. The van der Waals surface area contributed by atoms with Crippen molar-refractivity contribution in [2.75, 3.05) is 0 Å². The molecule has 3 nitrogen and oxygen atoms in total. The van der Waals surface area contributed by atoms with Crippen molar-refractivity contribution in [1.29, 1.82) is 0 Å². The van der Waals surface area contributed by atoms with E-state index in [9.17, 15) is 0 Å². The van der Waals surface area contributed by atoms with E-state index in [1.54, 1.807) is 0 Å². The van der Waals surface area contributed by atoms with Crippen LogP contribution in [0.3, 0.4) is 0 Å². The Kier molecular flexibility index (Phi) is 4.43. The summed E-state index contributed by atoms with van der Waals surface area (Å²) < 4.78 is 2.08. The monoisotopic (exact) mass is 413 g/mol. The zero-order valence-corrected chi connectivity index (χ0v) is 14.9. The van der Waals surface area contributed by atoms with Crippen molar-refractivity contribution < 1.29 is 28.5 Å². The van der Waals surface area contributed by atoms with E-state index >= 15 is 0 Å². The summed E-state index contributed by atoms with van der Waals surface area (Å²) in [6.45, 7) is 2.11. The van der Waals surface area contributed by atoms with Crippen LogP contribution < -0.4 is 28.5 Å². The van der Waals surface area contributed by atoms with E-state index in [-0.39, 0.29) is 24.0 Å². The second kappa shape index (κ2) is 6.50. The molecule has 1 N–H and O–H groups in total. The van der Waals surface area contributed by atoms with Gasteiger partial charge in [-0.15, -0.1) is 0 Å². The smallest absolute Gasteiger partial charge is 0.307 e. The quantitative estimate of drug-likeness (QED) is 0.383. The number of aromatic amines is 1. The maximum Gasteiger partial charge on any atom is 0.307 e. The molecule has 0 amide bonds. The molecule has 0 unspecified atom stereocenters. The first-order chi connectivity index (χ1) is 10.8. The van der Waals surface area contributed by atoms with Gasteiger partial charge in [0.05, 0.1) is 0 Å². The molecule has 0 spiro atoms. The van der Waals surface area contributed by atoms with Crippen LogP contribution in [0.2, 0.25) is 0 Å². The molecule has 0 aliphatic rings. The Balaban J connectivity index is 0.00000156. The van der Waals surface area contributed by atoms with E-state index in [0.717, 1.165) is 22.5 Å². The molecule has 0 fully saturated rings.